The smallest absolute Gasteiger partial charge is 0.327 e. The molecule has 148 valence electrons. The maximum atomic E-state index is 13.0. The number of urea groups is 1. The largest absolute Gasteiger partial charge is 0.330 e. The van der Waals surface area contributed by atoms with Crippen LogP contribution in [0.25, 0.3) is 0 Å². The first-order valence-corrected chi connectivity index (χ1v) is 10.1. The SMILES string of the molecule is CCN1C(=O)[C@H](CCCCN)N(CC(c2ccccc2)c2ccccc2)C1=O. The van der Waals surface area contributed by atoms with Gasteiger partial charge in [0, 0.05) is 19.0 Å². The summed E-state index contributed by atoms with van der Waals surface area (Å²) in [6.45, 7) is 3.34. The molecule has 0 aliphatic carbocycles. The third-order valence-corrected chi connectivity index (χ3v) is 5.43. The Labute approximate surface area is 167 Å². The molecule has 0 bridgehead atoms. The molecule has 0 unspecified atom stereocenters. The molecule has 28 heavy (non-hydrogen) atoms. The molecular weight excluding hydrogens is 350 g/mol. The summed E-state index contributed by atoms with van der Waals surface area (Å²) in [4.78, 5) is 29.0. The van der Waals surface area contributed by atoms with Crippen LogP contribution in [0.2, 0.25) is 0 Å². The second-order valence-corrected chi connectivity index (χ2v) is 7.19. The van der Waals surface area contributed by atoms with Crippen LogP contribution in [-0.4, -0.2) is 47.4 Å². The van der Waals surface area contributed by atoms with Crippen LogP contribution in [0.3, 0.4) is 0 Å². The minimum atomic E-state index is -0.395. The Balaban J connectivity index is 1.90. The summed E-state index contributed by atoms with van der Waals surface area (Å²) in [6.07, 6.45) is 2.36. The molecule has 1 aliphatic rings. The van der Waals surface area contributed by atoms with Gasteiger partial charge in [0.05, 0.1) is 0 Å². The Morgan fingerprint density at radius 3 is 2.00 bits per heavy atom. The van der Waals surface area contributed by atoms with Gasteiger partial charge < -0.3 is 10.6 Å². The monoisotopic (exact) mass is 379 g/mol. The summed E-state index contributed by atoms with van der Waals surface area (Å²) in [5.74, 6) is -0.0580. The van der Waals surface area contributed by atoms with Gasteiger partial charge in [-0.15, -0.1) is 0 Å². The van der Waals surface area contributed by atoms with Crippen molar-refractivity contribution in [2.24, 2.45) is 5.73 Å². The quantitative estimate of drug-likeness (QED) is 0.535. The molecule has 1 aliphatic heterocycles. The molecule has 2 aromatic rings. The van der Waals surface area contributed by atoms with E-state index in [1.807, 2.05) is 43.3 Å². The van der Waals surface area contributed by atoms with Crippen molar-refractivity contribution in [3.63, 3.8) is 0 Å². The number of benzene rings is 2. The molecule has 1 fully saturated rings. The van der Waals surface area contributed by atoms with Crippen molar-refractivity contribution in [3.8, 4) is 0 Å². The van der Waals surface area contributed by atoms with Crippen molar-refractivity contribution < 1.29 is 9.59 Å². The van der Waals surface area contributed by atoms with Crippen LogP contribution in [0.15, 0.2) is 60.7 Å². The minimum Gasteiger partial charge on any atom is -0.330 e. The Hall–Kier alpha value is -2.66. The molecule has 1 heterocycles. The van der Waals surface area contributed by atoms with Gasteiger partial charge in [-0.3, -0.25) is 9.69 Å². The standard InChI is InChI=1S/C23H29N3O2/c1-2-25-22(27)21(15-9-10-16-24)26(23(25)28)17-20(18-11-5-3-6-12-18)19-13-7-4-8-14-19/h3-8,11-14,20-21H,2,9-10,15-17,24H2,1H3/t21-/m0/s1. The number of rotatable bonds is 9. The number of nitrogens with two attached hydrogens (primary N) is 1. The third kappa shape index (κ3) is 4.25. The zero-order chi connectivity index (χ0) is 19.9. The summed E-state index contributed by atoms with van der Waals surface area (Å²) in [5.41, 5.74) is 7.91. The molecule has 1 saturated heterocycles. The minimum absolute atomic E-state index is 0.0213. The summed E-state index contributed by atoms with van der Waals surface area (Å²) in [7, 11) is 0. The average Bonchev–Trinajstić information content (AvgIpc) is 2.96. The Bertz CT molecular complexity index is 739. The van der Waals surface area contributed by atoms with Crippen LogP contribution in [0.4, 0.5) is 4.79 Å². The number of hydrogen-bond acceptors (Lipinski definition) is 3. The van der Waals surface area contributed by atoms with E-state index < -0.39 is 6.04 Å². The van der Waals surface area contributed by atoms with Gasteiger partial charge in [0.25, 0.3) is 5.91 Å². The van der Waals surface area contributed by atoms with Crippen LogP contribution in [0.1, 0.15) is 43.2 Å². The van der Waals surface area contributed by atoms with Gasteiger partial charge in [-0.1, -0.05) is 60.7 Å². The van der Waals surface area contributed by atoms with Crippen molar-refractivity contribution in [2.75, 3.05) is 19.6 Å². The van der Waals surface area contributed by atoms with E-state index in [1.165, 1.54) is 4.90 Å². The first-order chi connectivity index (χ1) is 13.7. The molecule has 5 nitrogen and oxygen atoms in total. The molecule has 0 radical (unpaired) electrons. The number of imide groups is 1. The van der Waals surface area contributed by atoms with E-state index in [9.17, 15) is 9.59 Å². The highest BCUT2D eigenvalue weighted by Gasteiger charge is 2.44. The van der Waals surface area contributed by atoms with Crippen molar-refractivity contribution in [1.82, 2.24) is 9.80 Å². The highest BCUT2D eigenvalue weighted by molar-refractivity contribution is 6.04. The predicted molar refractivity (Wildman–Crippen MR) is 111 cm³/mol. The van der Waals surface area contributed by atoms with Crippen molar-refractivity contribution >= 4 is 11.9 Å². The van der Waals surface area contributed by atoms with Crippen LogP contribution in [-0.2, 0) is 4.79 Å². The lowest BCUT2D eigenvalue weighted by Crippen LogP contribution is -2.38. The van der Waals surface area contributed by atoms with Crippen LogP contribution in [0.5, 0.6) is 0 Å². The predicted octanol–water partition coefficient (Wildman–Crippen LogP) is 3.60. The molecule has 1 atom stereocenters. The van der Waals surface area contributed by atoms with E-state index in [1.54, 1.807) is 4.90 Å². The number of unbranched alkanes of at least 4 members (excludes halogenated alkanes) is 1. The van der Waals surface area contributed by atoms with Gasteiger partial charge in [-0.25, -0.2) is 4.79 Å². The Morgan fingerprint density at radius 2 is 1.50 bits per heavy atom. The number of nitrogens with zero attached hydrogens (tertiary/aromatic N) is 2. The first kappa shape index (κ1) is 20.1. The van der Waals surface area contributed by atoms with Crippen LogP contribution < -0.4 is 5.73 Å². The fourth-order valence-corrected chi connectivity index (χ4v) is 3.92. The molecular formula is C23H29N3O2. The van der Waals surface area contributed by atoms with E-state index in [0.717, 1.165) is 24.0 Å². The van der Waals surface area contributed by atoms with Gasteiger partial charge in [0.2, 0.25) is 0 Å². The van der Waals surface area contributed by atoms with Crippen LogP contribution in [0, 0.1) is 0 Å². The molecule has 2 N–H and O–H groups in total. The van der Waals surface area contributed by atoms with Crippen LogP contribution >= 0.6 is 0 Å². The molecule has 0 saturated carbocycles. The normalized spacial score (nSPS) is 17.0. The van der Waals surface area contributed by atoms with Gasteiger partial charge in [0.1, 0.15) is 6.04 Å². The highest BCUT2D eigenvalue weighted by atomic mass is 16.2. The first-order valence-electron chi connectivity index (χ1n) is 10.1. The lowest BCUT2D eigenvalue weighted by atomic mass is 9.90. The number of carbonyl (C=O) groups is 2. The summed E-state index contributed by atoms with van der Waals surface area (Å²) < 4.78 is 0. The maximum absolute atomic E-state index is 13.0. The van der Waals surface area contributed by atoms with Crippen molar-refractivity contribution in [2.45, 2.75) is 38.1 Å². The van der Waals surface area contributed by atoms with E-state index in [2.05, 4.69) is 24.3 Å². The van der Waals surface area contributed by atoms with E-state index in [-0.39, 0.29) is 17.9 Å². The van der Waals surface area contributed by atoms with Gasteiger partial charge in [-0.05, 0) is 43.9 Å². The summed E-state index contributed by atoms with van der Waals surface area (Å²) in [6, 6.07) is 19.8. The Morgan fingerprint density at radius 1 is 0.929 bits per heavy atom. The molecule has 5 heteroatoms. The number of hydrogen-bond donors (Lipinski definition) is 1. The average molecular weight is 380 g/mol. The molecule has 0 spiro atoms. The lowest BCUT2D eigenvalue weighted by molar-refractivity contribution is -0.128. The lowest BCUT2D eigenvalue weighted by Gasteiger charge is -2.28. The summed E-state index contributed by atoms with van der Waals surface area (Å²) in [5, 5.41) is 0. The molecule has 3 amide bonds. The number of carbonyl (C=O) groups excluding carboxylic acids is 2. The number of likely N-dealkylation sites (N-methyl/N-ethyl adjacent to an activating group) is 1. The maximum Gasteiger partial charge on any atom is 0.327 e. The van der Waals surface area contributed by atoms with Gasteiger partial charge in [-0.2, -0.15) is 0 Å². The Kier molecular flexibility index (Phi) is 6.82. The molecule has 0 aromatic heterocycles. The zero-order valence-electron chi connectivity index (χ0n) is 16.5. The summed E-state index contributed by atoms with van der Waals surface area (Å²) >= 11 is 0. The fourth-order valence-electron chi connectivity index (χ4n) is 3.92. The van der Waals surface area contributed by atoms with Crippen molar-refractivity contribution in [1.29, 1.82) is 0 Å². The van der Waals surface area contributed by atoms with E-state index in [0.29, 0.717) is 26.1 Å². The fraction of sp³-hybridized carbons (Fsp3) is 0.391. The van der Waals surface area contributed by atoms with E-state index in [4.69, 9.17) is 5.73 Å². The third-order valence-electron chi connectivity index (χ3n) is 5.43. The number of amides is 3. The van der Waals surface area contributed by atoms with Crippen molar-refractivity contribution in [3.05, 3.63) is 71.8 Å². The highest BCUT2D eigenvalue weighted by Crippen LogP contribution is 2.30. The van der Waals surface area contributed by atoms with Gasteiger partial charge in [0.15, 0.2) is 0 Å². The second kappa shape index (κ2) is 9.51. The topological polar surface area (TPSA) is 66.6 Å². The second-order valence-electron chi connectivity index (χ2n) is 7.19. The molecule has 3 rings (SSSR count). The zero-order valence-corrected chi connectivity index (χ0v) is 16.5. The molecule has 2 aromatic carbocycles. The van der Waals surface area contributed by atoms with E-state index >= 15 is 0 Å². The van der Waals surface area contributed by atoms with Gasteiger partial charge >= 0.3 is 6.03 Å².